The summed E-state index contributed by atoms with van der Waals surface area (Å²) in [6.07, 6.45) is 4.40. The summed E-state index contributed by atoms with van der Waals surface area (Å²) in [5, 5.41) is 10.6. The average Bonchev–Trinajstić information content (AvgIpc) is 2.67. The van der Waals surface area contributed by atoms with Crippen molar-refractivity contribution >= 4 is 5.91 Å². The van der Waals surface area contributed by atoms with E-state index in [1.54, 1.807) is 13.0 Å². The van der Waals surface area contributed by atoms with Crippen LogP contribution in [-0.2, 0) is 4.74 Å². The Hall–Kier alpha value is -1.70. The molecule has 3 aliphatic heterocycles. The molecule has 0 radical (unpaired) electrons. The zero-order valence-corrected chi connectivity index (χ0v) is 16.7. The van der Waals surface area contributed by atoms with E-state index in [0.29, 0.717) is 30.4 Å². The van der Waals surface area contributed by atoms with Crippen LogP contribution in [0.2, 0.25) is 0 Å². The Bertz CT molecular complexity index is 763. The molecule has 0 bridgehead atoms. The summed E-state index contributed by atoms with van der Waals surface area (Å²) < 4.78 is 5.50. The van der Waals surface area contributed by atoms with E-state index in [4.69, 9.17) is 4.74 Å². The van der Waals surface area contributed by atoms with Crippen molar-refractivity contribution in [3.8, 4) is 0 Å². The van der Waals surface area contributed by atoms with Crippen LogP contribution in [0, 0.1) is 12.3 Å². The van der Waals surface area contributed by atoms with Gasteiger partial charge in [-0.15, -0.1) is 0 Å². The molecule has 1 atom stereocenters. The van der Waals surface area contributed by atoms with Gasteiger partial charge in [0.05, 0.1) is 6.10 Å². The zero-order chi connectivity index (χ0) is 19.7. The number of carbonyl (C=O) groups is 1. The summed E-state index contributed by atoms with van der Waals surface area (Å²) in [6.45, 7) is 6.52. The van der Waals surface area contributed by atoms with E-state index in [9.17, 15) is 14.7 Å². The van der Waals surface area contributed by atoms with Crippen LogP contribution >= 0.6 is 0 Å². The van der Waals surface area contributed by atoms with E-state index in [0.717, 1.165) is 58.4 Å². The standard InChI is InChI=1S/C21H31N3O4/c1-15-10-16(11-19(26)22-15)20(27)23-6-4-21(5-7-23)12-18(25)13-24(14-21)17-2-8-28-9-3-17/h10-11,17-18,25H,2-9,12-14H2,1H3,(H,22,26). The Kier molecular flexibility index (Phi) is 5.58. The maximum atomic E-state index is 12.9. The van der Waals surface area contributed by atoms with Gasteiger partial charge < -0.3 is 19.7 Å². The molecule has 1 amide bonds. The van der Waals surface area contributed by atoms with Crippen LogP contribution in [0.15, 0.2) is 16.9 Å². The number of aliphatic hydroxyl groups excluding tert-OH is 1. The highest BCUT2D eigenvalue weighted by molar-refractivity contribution is 5.94. The summed E-state index contributed by atoms with van der Waals surface area (Å²) in [5.41, 5.74) is 1.01. The van der Waals surface area contributed by atoms with Gasteiger partial charge in [0.1, 0.15) is 0 Å². The zero-order valence-electron chi connectivity index (χ0n) is 16.7. The normalized spacial score (nSPS) is 26.5. The van der Waals surface area contributed by atoms with Gasteiger partial charge in [-0.1, -0.05) is 0 Å². The first-order valence-electron chi connectivity index (χ1n) is 10.4. The van der Waals surface area contributed by atoms with E-state index < -0.39 is 0 Å². The molecule has 0 saturated carbocycles. The number of aromatic amines is 1. The van der Waals surface area contributed by atoms with E-state index in [1.165, 1.54) is 6.07 Å². The van der Waals surface area contributed by atoms with Crippen LogP contribution in [0.5, 0.6) is 0 Å². The van der Waals surface area contributed by atoms with Crippen molar-refractivity contribution in [3.63, 3.8) is 0 Å². The number of hydrogen-bond donors (Lipinski definition) is 2. The molecule has 1 unspecified atom stereocenters. The van der Waals surface area contributed by atoms with Crippen LogP contribution in [0.4, 0.5) is 0 Å². The molecule has 4 rings (SSSR count). The lowest BCUT2D eigenvalue weighted by atomic mass is 9.71. The first kappa shape index (κ1) is 19.6. The molecular weight excluding hydrogens is 358 g/mol. The molecule has 3 aliphatic rings. The summed E-state index contributed by atoms with van der Waals surface area (Å²) >= 11 is 0. The molecule has 1 spiro atoms. The summed E-state index contributed by atoms with van der Waals surface area (Å²) in [7, 11) is 0. The van der Waals surface area contributed by atoms with Crippen molar-refractivity contribution < 1.29 is 14.6 Å². The van der Waals surface area contributed by atoms with Gasteiger partial charge in [0.15, 0.2) is 0 Å². The number of aromatic nitrogens is 1. The van der Waals surface area contributed by atoms with Gasteiger partial charge in [-0.3, -0.25) is 14.5 Å². The van der Waals surface area contributed by atoms with Gasteiger partial charge in [-0.25, -0.2) is 0 Å². The van der Waals surface area contributed by atoms with Gasteiger partial charge in [0.2, 0.25) is 5.56 Å². The lowest BCUT2D eigenvalue weighted by Gasteiger charge is -2.51. The largest absolute Gasteiger partial charge is 0.392 e. The predicted molar refractivity (Wildman–Crippen MR) is 105 cm³/mol. The van der Waals surface area contributed by atoms with Gasteiger partial charge in [0, 0.05) is 62.8 Å². The van der Waals surface area contributed by atoms with Crippen LogP contribution in [0.3, 0.4) is 0 Å². The molecular formula is C21H31N3O4. The average molecular weight is 389 g/mol. The smallest absolute Gasteiger partial charge is 0.254 e. The molecule has 4 heterocycles. The minimum absolute atomic E-state index is 0.0679. The summed E-state index contributed by atoms with van der Waals surface area (Å²) in [4.78, 5) is 31.6. The number of aryl methyl sites for hydroxylation is 1. The number of H-pyrrole nitrogens is 1. The first-order valence-corrected chi connectivity index (χ1v) is 10.4. The highest BCUT2D eigenvalue weighted by atomic mass is 16.5. The van der Waals surface area contributed by atoms with Crippen LogP contribution in [0.1, 0.15) is 48.2 Å². The summed E-state index contributed by atoms with van der Waals surface area (Å²) in [5.74, 6) is -0.0679. The molecule has 28 heavy (non-hydrogen) atoms. The monoisotopic (exact) mass is 389 g/mol. The predicted octanol–water partition coefficient (Wildman–Crippen LogP) is 1.15. The lowest BCUT2D eigenvalue weighted by Crippen LogP contribution is -2.57. The third-order valence-electron chi connectivity index (χ3n) is 6.70. The number of piperidine rings is 2. The number of ether oxygens (including phenoxy) is 1. The number of nitrogens with zero attached hydrogens (tertiary/aromatic N) is 2. The minimum atomic E-state index is -0.297. The number of β-amino-alcohol motifs (C(OH)–C–C–N with tert-alkyl or cyclic N) is 1. The molecule has 7 nitrogen and oxygen atoms in total. The molecule has 1 aromatic heterocycles. The molecule has 3 saturated heterocycles. The second kappa shape index (κ2) is 7.97. The fourth-order valence-corrected chi connectivity index (χ4v) is 5.26. The van der Waals surface area contributed by atoms with Crippen molar-refractivity contribution in [2.24, 2.45) is 5.41 Å². The van der Waals surface area contributed by atoms with Crippen LogP contribution < -0.4 is 5.56 Å². The van der Waals surface area contributed by atoms with E-state index in [-0.39, 0.29) is 23.0 Å². The molecule has 2 N–H and O–H groups in total. The number of carbonyl (C=O) groups excluding carboxylic acids is 1. The van der Waals surface area contributed by atoms with Gasteiger partial charge >= 0.3 is 0 Å². The third kappa shape index (κ3) is 4.16. The highest BCUT2D eigenvalue weighted by Gasteiger charge is 2.43. The maximum absolute atomic E-state index is 12.9. The number of nitrogens with one attached hydrogen (secondary N) is 1. The van der Waals surface area contributed by atoms with Gasteiger partial charge in [-0.05, 0) is 50.5 Å². The molecule has 1 aromatic rings. The van der Waals surface area contributed by atoms with Crippen LogP contribution in [-0.4, -0.2) is 77.3 Å². The molecule has 0 aliphatic carbocycles. The van der Waals surface area contributed by atoms with E-state index >= 15 is 0 Å². The minimum Gasteiger partial charge on any atom is -0.392 e. The first-order chi connectivity index (χ1) is 13.4. The Morgan fingerprint density at radius 2 is 1.96 bits per heavy atom. The lowest BCUT2D eigenvalue weighted by molar-refractivity contribution is -0.0695. The Labute approximate surface area is 165 Å². The molecule has 3 fully saturated rings. The fraction of sp³-hybridized carbons (Fsp3) is 0.714. The Morgan fingerprint density at radius 3 is 2.64 bits per heavy atom. The SMILES string of the molecule is Cc1cc(C(=O)N2CCC3(CC2)CC(O)CN(C2CCOCC2)C3)cc(=O)[nH]1. The fourth-order valence-electron chi connectivity index (χ4n) is 5.26. The van der Waals surface area contributed by atoms with Crippen molar-refractivity contribution in [1.29, 1.82) is 0 Å². The maximum Gasteiger partial charge on any atom is 0.254 e. The van der Waals surface area contributed by atoms with Gasteiger partial charge in [0.25, 0.3) is 5.91 Å². The van der Waals surface area contributed by atoms with Gasteiger partial charge in [-0.2, -0.15) is 0 Å². The quantitative estimate of drug-likeness (QED) is 0.793. The van der Waals surface area contributed by atoms with Crippen molar-refractivity contribution in [2.75, 3.05) is 39.4 Å². The summed E-state index contributed by atoms with van der Waals surface area (Å²) in [6, 6.07) is 3.63. The number of rotatable bonds is 2. The highest BCUT2D eigenvalue weighted by Crippen LogP contribution is 2.41. The number of likely N-dealkylation sites (tertiary alicyclic amines) is 2. The number of amides is 1. The van der Waals surface area contributed by atoms with Crippen LogP contribution in [0.25, 0.3) is 0 Å². The number of aliphatic hydroxyl groups is 1. The number of pyridine rings is 1. The third-order valence-corrected chi connectivity index (χ3v) is 6.70. The second-order valence-corrected chi connectivity index (χ2v) is 8.84. The Balaban J connectivity index is 1.41. The topological polar surface area (TPSA) is 85.9 Å². The molecule has 154 valence electrons. The second-order valence-electron chi connectivity index (χ2n) is 8.84. The van der Waals surface area contributed by atoms with Crippen molar-refractivity contribution in [1.82, 2.24) is 14.8 Å². The Morgan fingerprint density at radius 1 is 1.25 bits per heavy atom. The van der Waals surface area contributed by atoms with Crippen molar-refractivity contribution in [3.05, 3.63) is 33.7 Å². The molecule has 7 heteroatoms. The number of hydrogen-bond acceptors (Lipinski definition) is 5. The van der Waals surface area contributed by atoms with E-state index in [2.05, 4.69) is 9.88 Å². The van der Waals surface area contributed by atoms with Crippen molar-refractivity contribution in [2.45, 2.75) is 51.2 Å². The molecule has 0 aromatic carbocycles. The van der Waals surface area contributed by atoms with E-state index in [1.807, 2.05) is 4.90 Å².